The van der Waals surface area contributed by atoms with E-state index in [1.165, 1.54) is 29.9 Å². The van der Waals surface area contributed by atoms with Crippen molar-refractivity contribution in [3.05, 3.63) is 35.7 Å². The second kappa shape index (κ2) is 8.57. The van der Waals surface area contributed by atoms with E-state index in [0.717, 1.165) is 61.8 Å². The quantitative estimate of drug-likeness (QED) is 0.579. The lowest BCUT2D eigenvalue weighted by atomic mass is 9.95. The Labute approximate surface area is 177 Å². The van der Waals surface area contributed by atoms with Crippen molar-refractivity contribution in [2.24, 2.45) is 4.99 Å². The first-order valence-electron chi connectivity index (χ1n) is 10.4. The number of benzene rings is 1. The van der Waals surface area contributed by atoms with Crippen LogP contribution in [0.5, 0.6) is 5.75 Å². The van der Waals surface area contributed by atoms with Crippen molar-refractivity contribution in [1.82, 2.24) is 19.6 Å². The van der Waals surface area contributed by atoms with Crippen molar-refractivity contribution in [1.29, 1.82) is 0 Å². The summed E-state index contributed by atoms with van der Waals surface area (Å²) >= 11 is 1.51. The molecule has 156 valence electrons. The summed E-state index contributed by atoms with van der Waals surface area (Å²) in [5, 5.41) is 4.68. The second-order valence-electron chi connectivity index (χ2n) is 7.70. The molecule has 29 heavy (non-hydrogen) atoms. The highest BCUT2D eigenvalue weighted by Gasteiger charge is 2.46. The highest BCUT2D eigenvalue weighted by Crippen LogP contribution is 2.50. The molecule has 2 aromatic rings. The van der Waals surface area contributed by atoms with Crippen LogP contribution in [-0.2, 0) is 11.8 Å². The Morgan fingerprint density at radius 1 is 1.24 bits per heavy atom. The van der Waals surface area contributed by atoms with Crippen molar-refractivity contribution in [3.63, 3.8) is 0 Å². The first-order chi connectivity index (χ1) is 14.2. The van der Waals surface area contributed by atoms with Gasteiger partial charge in [-0.2, -0.15) is 4.37 Å². The molecule has 2 fully saturated rings. The average Bonchev–Trinajstić information content (AvgIpc) is 3.41. The van der Waals surface area contributed by atoms with Crippen LogP contribution in [-0.4, -0.2) is 67.1 Å². The van der Waals surface area contributed by atoms with Gasteiger partial charge in [0.25, 0.3) is 0 Å². The molecule has 7 nitrogen and oxygen atoms in total. The number of ether oxygens (including phenoxy) is 1. The maximum Gasteiger partial charge on any atom is 0.205 e. The third-order valence-electron chi connectivity index (χ3n) is 5.95. The highest BCUT2D eigenvalue weighted by molar-refractivity contribution is 7.09. The molecule has 0 spiro atoms. The van der Waals surface area contributed by atoms with Crippen LogP contribution in [0, 0.1) is 0 Å². The fraction of sp³-hybridized carbons (Fsp3) is 0.571. The van der Waals surface area contributed by atoms with Gasteiger partial charge < -0.3 is 19.9 Å². The summed E-state index contributed by atoms with van der Waals surface area (Å²) in [6.07, 6.45) is 3.25. The summed E-state index contributed by atoms with van der Waals surface area (Å²) in [6, 6.07) is 8.39. The number of aryl methyl sites for hydroxylation is 1. The number of hydrogen-bond donors (Lipinski definition) is 1. The van der Waals surface area contributed by atoms with Crippen LogP contribution in [0.1, 0.15) is 31.2 Å². The van der Waals surface area contributed by atoms with Gasteiger partial charge in [0.1, 0.15) is 11.6 Å². The van der Waals surface area contributed by atoms with Gasteiger partial charge in [-0.1, -0.05) is 25.1 Å². The third kappa shape index (κ3) is 4.17. The molecule has 0 bridgehead atoms. The smallest absolute Gasteiger partial charge is 0.205 e. The van der Waals surface area contributed by atoms with E-state index in [0.29, 0.717) is 0 Å². The number of nitrogens with one attached hydrogen (secondary N) is 1. The van der Waals surface area contributed by atoms with Crippen LogP contribution in [0.2, 0.25) is 0 Å². The molecule has 1 aliphatic carbocycles. The normalized spacial score (nSPS) is 18.7. The van der Waals surface area contributed by atoms with E-state index in [1.807, 2.05) is 13.1 Å². The van der Waals surface area contributed by atoms with Crippen molar-refractivity contribution in [3.8, 4) is 5.75 Å². The molecule has 2 heterocycles. The fourth-order valence-electron chi connectivity index (χ4n) is 3.98. The maximum absolute atomic E-state index is 5.60. The van der Waals surface area contributed by atoms with Gasteiger partial charge in [0.05, 0.1) is 7.11 Å². The summed E-state index contributed by atoms with van der Waals surface area (Å²) in [4.78, 5) is 13.9. The van der Waals surface area contributed by atoms with E-state index in [-0.39, 0.29) is 5.41 Å². The monoisotopic (exact) mass is 414 g/mol. The minimum absolute atomic E-state index is 0.160. The number of anilines is 1. The Hall–Kier alpha value is -2.35. The first kappa shape index (κ1) is 19.9. The minimum Gasteiger partial charge on any atom is -0.496 e. The molecule has 0 unspecified atom stereocenters. The number of aliphatic imine (C=N–C) groups is 1. The summed E-state index contributed by atoms with van der Waals surface area (Å²) in [7, 11) is 3.62. The van der Waals surface area contributed by atoms with Crippen molar-refractivity contribution < 1.29 is 4.74 Å². The van der Waals surface area contributed by atoms with E-state index in [2.05, 4.69) is 54.6 Å². The Morgan fingerprint density at radius 3 is 2.62 bits per heavy atom. The van der Waals surface area contributed by atoms with Crippen molar-refractivity contribution in [2.45, 2.75) is 31.6 Å². The second-order valence-corrected chi connectivity index (χ2v) is 8.43. The molecule has 0 radical (unpaired) electrons. The molecular formula is C21H30N6OS. The Balaban J connectivity index is 1.35. The molecule has 2 aliphatic rings. The van der Waals surface area contributed by atoms with Gasteiger partial charge in [-0.25, -0.2) is 4.98 Å². The third-order valence-corrected chi connectivity index (χ3v) is 6.77. The van der Waals surface area contributed by atoms with Gasteiger partial charge in [-0.05, 0) is 18.9 Å². The van der Waals surface area contributed by atoms with Crippen LogP contribution in [0.3, 0.4) is 0 Å². The molecule has 1 aromatic heterocycles. The zero-order chi connectivity index (χ0) is 20.3. The predicted molar refractivity (Wildman–Crippen MR) is 118 cm³/mol. The zero-order valence-corrected chi connectivity index (χ0v) is 18.3. The summed E-state index contributed by atoms with van der Waals surface area (Å²) in [5.74, 6) is 2.91. The number of rotatable bonds is 6. The summed E-state index contributed by atoms with van der Waals surface area (Å²) in [6.45, 7) is 6.73. The molecule has 1 N–H and O–H groups in total. The van der Waals surface area contributed by atoms with Gasteiger partial charge in [0.15, 0.2) is 5.96 Å². The van der Waals surface area contributed by atoms with Crippen LogP contribution < -0.4 is 15.0 Å². The Kier molecular flexibility index (Phi) is 5.89. The number of para-hydroxylation sites is 1. The van der Waals surface area contributed by atoms with E-state index in [4.69, 9.17) is 4.74 Å². The number of aromatic nitrogens is 2. The molecular weight excluding hydrogens is 384 g/mol. The van der Waals surface area contributed by atoms with Gasteiger partial charge in [0.2, 0.25) is 5.13 Å². The van der Waals surface area contributed by atoms with Crippen molar-refractivity contribution in [2.75, 3.05) is 51.8 Å². The van der Waals surface area contributed by atoms with E-state index in [9.17, 15) is 0 Å². The van der Waals surface area contributed by atoms with E-state index in [1.54, 1.807) is 7.11 Å². The molecule has 1 aromatic carbocycles. The number of guanidine groups is 1. The number of methoxy groups -OCH3 is 1. The fourth-order valence-corrected chi connectivity index (χ4v) is 4.78. The standard InChI is InChI=1S/C21H30N6OS/c1-4-18-24-20(29-25-18)27-13-11-26(12-14-27)19(22-2)23-15-21(9-10-21)16-7-5-6-8-17(16)28-3/h5-8H,4,9-15H2,1-3H3,(H,22,23). The van der Waals surface area contributed by atoms with Gasteiger partial charge in [-0.15, -0.1) is 0 Å². The minimum atomic E-state index is 0.160. The molecule has 1 saturated heterocycles. The SMILES string of the molecule is CCc1nsc(N2CCN(C(=NC)NCC3(c4ccccc4OC)CC3)CC2)n1. The molecule has 1 aliphatic heterocycles. The Morgan fingerprint density at radius 2 is 2.00 bits per heavy atom. The number of piperazine rings is 1. The zero-order valence-electron chi connectivity index (χ0n) is 17.5. The molecule has 0 amide bonds. The lowest BCUT2D eigenvalue weighted by Crippen LogP contribution is -2.53. The lowest BCUT2D eigenvalue weighted by molar-refractivity contribution is 0.369. The summed E-state index contributed by atoms with van der Waals surface area (Å²) < 4.78 is 10.0. The molecule has 0 atom stereocenters. The summed E-state index contributed by atoms with van der Waals surface area (Å²) in [5.41, 5.74) is 1.46. The van der Waals surface area contributed by atoms with Gasteiger partial charge >= 0.3 is 0 Å². The van der Waals surface area contributed by atoms with Crippen LogP contribution in [0.15, 0.2) is 29.3 Å². The number of nitrogens with zero attached hydrogens (tertiary/aromatic N) is 5. The maximum atomic E-state index is 5.60. The van der Waals surface area contributed by atoms with Crippen molar-refractivity contribution >= 4 is 22.6 Å². The first-order valence-corrected chi connectivity index (χ1v) is 11.1. The van der Waals surface area contributed by atoms with Gasteiger partial charge in [0, 0.05) is 68.7 Å². The van der Waals surface area contributed by atoms with Crippen LogP contribution in [0.25, 0.3) is 0 Å². The topological polar surface area (TPSA) is 65.9 Å². The average molecular weight is 415 g/mol. The lowest BCUT2D eigenvalue weighted by Gasteiger charge is -2.36. The van der Waals surface area contributed by atoms with E-state index >= 15 is 0 Å². The number of hydrogen-bond acceptors (Lipinski definition) is 6. The highest BCUT2D eigenvalue weighted by atomic mass is 32.1. The predicted octanol–water partition coefficient (Wildman–Crippen LogP) is 2.54. The largest absolute Gasteiger partial charge is 0.496 e. The Bertz CT molecular complexity index is 854. The molecule has 1 saturated carbocycles. The molecule has 4 rings (SSSR count). The van der Waals surface area contributed by atoms with Gasteiger partial charge in [-0.3, -0.25) is 4.99 Å². The van der Waals surface area contributed by atoms with E-state index < -0.39 is 0 Å². The van der Waals surface area contributed by atoms with Crippen LogP contribution in [0.4, 0.5) is 5.13 Å². The molecule has 8 heteroatoms. The van der Waals surface area contributed by atoms with Crippen LogP contribution >= 0.6 is 11.5 Å².